The predicted molar refractivity (Wildman–Crippen MR) is 222 cm³/mol. The van der Waals surface area contributed by atoms with Crippen LogP contribution in [-0.4, -0.2) is 0 Å². The van der Waals surface area contributed by atoms with E-state index in [2.05, 4.69) is 216 Å². The molecule has 1 unspecified atom stereocenters. The van der Waals surface area contributed by atoms with E-state index in [1.165, 1.54) is 33.4 Å². The van der Waals surface area contributed by atoms with E-state index in [0.717, 1.165) is 56.4 Å². The first-order valence-electron chi connectivity index (χ1n) is 18.5. The van der Waals surface area contributed by atoms with E-state index in [4.69, 9.17) is 4.42 Å². The largest absolute Gasteiger partial charge is 0.459 e. The molecule has 8 aromatic carbocycles. The maximum Gasteiger partial charge on any atom is 0.135 e. The van der Waals surface area contributed by atoms with Gasteiger partial charge in [-0.05, 0) is 89.0 Å². The van der Waals surface area contributed by atoms with E-state index in [0.29, 0.717) is 0 Å². The molecule has 0 saturated carbocycles. The molecule has 0 N–H and O–H groups in total. The Hall–Kier alpha value is -7.10. The van der Waals surface area contributed by atoms with Gasteiger partial charge in [-0.2, -0.15) is 0 Å². The number of nitrogens with zero attached hydrogens (tertiary/aromatic N) is 2. The van der Waals surface area contributed by atoms with Gasteiger partial charge in [0.15, 0.2) is 0 Å². The van der Waals surface area contributed by atoms with Crippen molar-refractivity contribution in [3.8, 4) is 22.3 Å². The van der Waals surface area contributed by atoms with Crippen LogP contribution in [0.25, 0.3) is 33.2 Å². The van der Waals surface area contributed by atoms with E-state index >= 15 is 0 Å². The fraction of sp³-hybridized carbons (Fsp3) is 0.0196. The Bertz CT molecular complexity index is 2750. The number of para-hydroxylation sites is 5. The van der Waals surface area contributed by atoms with Crippen LogP contribution < -0.4 is 9.80 Å². The molecule has 1 atom stereocenters. The van der Waals surface area contributed by atoms with Crippen molar-refractivity contribution in [3.63, 3.8) is 0 Å². The number of hydrogen-bond acceptors (Lipinski definition) is 3. The minimum Gasteiger partial charge on any atom is -0.459 e. The summed E-state index contributed by atoms with van der Waals surface area (Å²) in [6.45, 7) is 0. The molecule has 0 aliphatic heterocycles. The Labute approximate surface area is 314 Å². The highest BCUT2D eigenvalue weighted by Gasteiger charge is 2.56. The number of furan rings is 1. The van der Waals surface area contributed by atoms with Gasteiger partial charge in [-0.1, -0.05) is 140 Å². The standard InChI is InChI=1S/C51H34N2O/c1-5-19-35(20-6-1)52(36-21-7-2-8-22-36)44-32-17-30-42-47(44)39-27-13-15-29-41(39)51(42)43-31-18-33-45(49(43)48-40-28-14-16-34-46(40)54-50(48)51)53(37-23-9-3-10-24-37)38-25-11-4-12-26-38/h1-34H. The normalized spacial score (nSPS) is 14.7. The van der Waals surface area contributed by atoms with Crippen LogP contribution in [0.5, 0.6) is 0 Å². The molecule has 1 aromatic heterocycles. The lowest BCUT2D eigenvalue weighted by molar-refractivity contribution is 0.507. The van der Waals surface area contributed by atoms with Gasteiger partial charge in [-0.3, -0.25) is 0 Å². The Morgan fingerprint density at radius 1 is 0.333 bits per heavy atom. The number of fused-ring (bicyclic) bond motifs is 12. The maximum absolute atomic E-state index is 7.23. The summed E-state index contributed by atoms with van der Waals surface area (Å²) in [5.74, 6) is 0.974. The van der Waals surface area contributed by atoms with Gasteiger partial charge in [0.2, 0.25) is 0 Å². The first kappa shape index (κ1) is 30.5. The van der Waals surface area contributed by atoms with E-state index in [-0.39, 0.29) is 0 Å². The van der Waals surface area contributed by atoms with Gasteiger partial charge >= 0.3 is 0 Å². The molecule has 0 amide bonds. The molecule has 11 rings (SSSR count). The third-order valence-electron chi connectivity index (χ3n) is 11.2. The predicted octanol–water partition coefficient (Wildman–Crippen LogP) is 13.7. The van der Waals surface area contributed by atoms with Crippen LogP contribution in [0.15, 0.2) is 211 Å². The van der Waals surface area contributed by atoms with Crippen LogP contribution in [0.2, 0.25) is 0 Å². The molecular weight excluding hydrogens is 657 g/mol. The lowest BCUT2D eigenvalue weighted by Crippen LogP contribution is -2.26. The van der Waals surface area contributed by atoms with E-state index < -0.39 is 5.41 Å². The smallest absolute Gasteiger partial charge is 0.135 e. The van der Waals surface area contributed by atoms with Crippen molar-refractivity contribution in [3.05, 3.63) is 229 Å². The third-order valence-corrected chi connectivity index (χ3v) is 11.2. The molecule has 0 fully saturated rings. The molecule has 0 bridgehead atoms. The topological polar surface area (TPSA) is 19.6 Å². The van der Waals surface area contributed by atoms with Gasteiger partial charge in [-0.15, -0.1) is 0 Å². The summed E-state index contributed by atoms with van der Waals surface area (Å²) in [5.41, 5.74) is 15.3. The zero-order chi connectivity index (χ0) is 35.6. The summed E-state index contributed by atoms with van der Waals surface area (Å²) in [7, 11) is 0. The van der Waals surface area contributed by atoms with Crippen molar-refractivity contribution in [2.75, 3.05) is 9.80 Å². The second-order valence-corrected chi connectivity index (χ2v) is 14.0. The lowest BCUT2D eigenvalue weighted by Gasteiger charge is -2.31. The Balaban J connectivity index is 1.27. The van der Waals surface area contributed by atoms with Crippen LogP contribution >= 0.6 is 0 Å². The van der Waals surface area contributed by atoms with Gasteiger partial charge in [0, 0.05) is 44.8 Å². The second-order valence-electron chi connectivity index (χ2n) is 14.0. The van der Waals surface area contributed by atoms with Crippen LogP contribution in [-0.2, 0) is 5.41 Å². The molecule has 254 valence electrons. The zero-order valence-corrected chi connectivity index (χ0v) is 29.4. The highest BCUT2D eigenvalue weighted by atomic mass is 16.3. The molecule has 0 saturated heterocycles. The van der Waals surface area contributed by atoms with Gasteiger partial charge in [0.25, 0.3) is 0 Å². The number of hydrogen-bond donors (Lipinski definition) is 0. The summed E-state index contributed by atoms with van der Waals surface area (Å²) in [6, 6.07) is 74.0. The van der Waals surface area contributed by atoms with E-state index in [1.807, 2.05) is 0 Å². The van der Waals surface area contributed by atoms with Gasteiger partial charge in [0.1, 0.15) is 16.8 Å². The van der Waals surface area contributed by atoms with Crippen molar-refractivity contribution in [1.29, 1.82) is 0 Å². The summed E-state index contributed by atoms with van der Waals surface area (Å²) in [5, 5.41) is 1.12. The zero-order valence-electron chi connectivity index (χ0n) is 29.4. The third kappa shape index (κ3) is 4.24. The average molecular weight is 691 g/mol. The summed E-state index contributed by atoms with van der Waals surface area (Å²) < 4.78 is 7.23. The van der Waals surface area contributed by atoms with Gasteiger partial charge in [-0.25, -0.2) is 0 Å². The molecule has 9 aromatic rings. The minimum absolute atomic E-state index is 0.695. The first-order chi connectivity index (χ1) is 26.8. The Morgan fingerprint density at radius 2 is 0.759 bits per heavy atom. The molecule has 3 nitrogen and oxygen atoms in total. The van der Waals surface area contributed by atoms with Crippen molar-refractivity contribution >= 4 is 45.1 Å². The van der Waals surface area contributed by atoms with Gasteiger partial charge < -0.3 is 14.2 Å². The highest BCUT2D eigenvalue weighted by molar-refractivity contribution is 6.10. The molecule has 1 heterocycles. The quantitative estimate of drug-likeness (QED) is 0.173. The Kier molecular flexibility index (Phi) is 6.77. The lowest BCUT2D eigenvalue weighted by atomic mass is 9.73. The van der Waals surface area contributed by atoms with Crippen molar-refractivity contribution < 1.29 is 4.42 Å². The molecule has 3 heteroatoms. The Morgan fingerprint density at radius 3 is 1.31 bits per heavy atom. The van der Waals surface area contributed by atoms with Crippen LogP contribution in [0.1, 0.15) is 22.5 Å². The first-order valence-corrected chi connectivity index (χ1v) is 18.5. The van der Waals surface area contributed by atoms with Crippen molar-refractivity contribution in [1.82, 2.24) is 0 Å². The van der Waals surface area contributed by atoms with E-state index in [1.54, 1.807) is 0 Å². The summed E-state index contributed by atoms with van der Waals surface area (Å²) in [4.78, 5) is 4.79. The highest BCUT2D eigenvalue weighted by Crippen LogP contribution is 2.67. The number of benzene rings is 8. The van der Waals surface area contributed by atoms with Gasteiger partial charge in [0.05, 0.1) is 11.4 Å². The average Bonchev–Trinajstić information content (AvgIpc) is 3.87. The fourth-order valence-electron chi connectivity index (χ4n) is 9.17. The summed E-state index contributed by atoms with van der Waals surface area (Å²) >= 11 is 0. The molecule has 0 radical (unpaired) electrons. The van der Waals surface area contributed by atoms with E-state index in [9.17, 15) is 0 Å². The number of anilines is 6. The minimum atomic E-state index is -0.695. The van der Waals surface area contributed by atoms with Crippen LogP contribution in [0, 0.1) is 0 Å². The molecular formula is C51H34N2O. The molecule has 2 aliphatic rings. The number of rotatable bonds is 6. The monoisotopic (exact) mass is 690 g/mol. The van der Waals surface area contributed by atoms with Crippen LogP contribution in [0.3, 0.4) is 0 Å². The van der Waals surface area contributed by atoms with Crippen molar-refractivity contribution in [2.24, 2.45) is 0 Å². The second kappa shape index (κ2) is 12.0. The SMILES string of the molecule is c1ccc(N(c2ccccc2)c2cccc3c2-c2ccccc2C32c3cccc(N(c4ccccc4)c4ccccc4)c3-c3c2oc2ccccc32)cc1. The molecule has 1 spiro atoms. The molecule has 54 heavy (non-hydrogen) atoms. The molecule has 2 aliphatic carbocycles. The van der Waals surface area contributed by atoms with Crippen molar-refractivity contribution in [2.45, 2.75) is 5.41 Å². The maximum atomic E-state index is 7.23. The fourth-order valence-corrected chi connectivity index (χ4v) is 9.17. The van der Waals surface area contributed by atoms with Crippen LogP contribution in [0.4, 0.5) is 34.1 Å². The summed E-state index contributed by atoms with van der Waals surface area (Å²) in [6.07, 6.45) is 0.